The van der Waals surface area contributed by atoms with Gasteiger partial charge in [0.15, 0.2) is 5.96 Å². The van der Waals surface area contributed by atoms with Crippen LogP contribution in [0, 0.1) is 5.92 Å². The number of carbonyl (C=O) groups is 1. The molecule has 1 amide bonds. The molecule has 0 spiro atoms. The Kier molecular flexibility index (Phi) is 7.77. The lowest BCUT2D eigenvalue weighted by molar-refractivity contribution is 0.0168. The van der Waals surface area contributed by atoms with Gasteiger partial charge in [-0.1, -0.05) is 30.3 Å². The summed E-state index contributed by atoms with van der Waals surface area (Å²) in [5.74, 6) is 2.04. The molecule has 1 saturated heterocycles. The minimum absolute atomic E-state index is 0.226. The number of nitrogens with zero attached hydrogens (tertiary/aromatic N) is 4. The normalized spacial score (nSPS) is 17.2. The molecule has 32 heavy (non-hydrogen) atoms. The van der Waals surface area contributed by atoms with E-state index in [-0.39, 0.29) is 6.09 Å². The van der Waals surface area contributed by atoms with Gasteiger partial charge in [0.1, 0.15) is 11.4 Å². The molecule has 2 N–H and O–H groups in total. The van der Waals surface area contributed by atoms with Crippen molar-refractivity contribution < 1.29 is 9.53 Å². The Morgan fingerprint density at radius 3 is 2.78 bits per heavy atom. The molecule has 8 heteroatoms. The largest absolute Gasteiger partial charge is 0.444 e. The summed E-state index contributed by atoms with van der Waals surface area (Å²) in [4.78, 5) is 28.6. The molecular formula is C24H36N6O2. The second-order valence-corrected chi connectivity index (χ2v) is 9.33. The summed E-state index contributed by atoms with van der Waals surface area (Å²) in [6.45, 7) is 8.51. The smallest absolute Gasteiger partial charge is 0.410 e. The fourth-order valence-electron chi connectivity index (χ4n) is 3.85. The molecule has 1 fully saturated rings. The Morgan fingerprint density at radius 1 is 1.34 bits per heavy atom. The molecule has 0 bridgehead atoms. The highest BCUT2D eigenvalue weighted by Gasteiger charge is 2.27. The van der Waals surface area contributed by atoms with Gasteiger partial charge >= 0.3 is 6.09 Å². The van der Waals surface area contributed by atoms with E-state index in [1.807, 2.05) is 62.0 Å². The average Bonchev–Trinajstić information content (AvgIpc) is 3.22. The summed E-state index contributed by atoms with van der Waals surface area (Å²) in [6.07, 6.45) is 3.69. The van der Waals surface area contributed by atoms with Crippen LogP contribution in [0.1, 0.15) is 39.4 Å². The van der Waals surface area contributed by atoms with Crippen LogP contribution in [0.15, 0.2) is 41.5 Å². The summed E-state index contributed by atoms with van der Waals surface area (Å²) < 4.78 is 5.54. The highest BCUT2D eigenvalue weighted by atomic mass is 16.6. The number of rotatable bonds is 5. The fourth-order valence-corrected chi connectivity index (χ4v) is 3.85. The van der Waals surface area contributed by atoms with Crippen molar-refractivity contribution in [1.82, 2.24) is 25.1 Å². The number of piperidine rings is 1. The predicted octanol–water partition coefficient (Wildman–Crippen LogP) is 3.73. The van der Waals surface area contributed by atoms with E-state index in [9.17, 15) is 4.79 Å². The van der Waals surface area contributed by atoms with E-state index >= 15 is 0 Å². The monoisotopic (exact) mass is 440 g/mol. The van der Waals surface area contributed by atoms with Crippen LogP contribution in [0.3, 0.4) is 0 Å². The van der Waals surface area contributed by atoms with Gasteiger partial charge in [0.25, 0.3) is 0 Å². The van der Waals surface area contributed by atoms with Gasteiger partial charge in [-0.05, 0) is 45.1 Å². The van der Waals surface area contributed by atoms with Crippen LogP contribution < -0.4 is 5.32 Å². The molecular weight excluding hydrogens is 404 g/mol. The average molecular weight is 441 g/mol. The lowest BCUT2D eigenvalue weighted by atomic mass is 9.98. The standard InChI is InChI=1S/C24H36N6O2/c1-24(2,3)32-23(31)30-13-9-10-18(16-30)14-27-22(25-4)29(5)17-21-26-15-20(28-21)19-11-7-6-8-12-19/h6-8,11-12,15,18H,9-10,13-14,16-17H2,1-5H3,(H,25,27)(H,26,28). The van der Waals surface area contributed by atoms with Gasteiger partial charge in [0.05, 0.1) is 18.4 Å². The maximum atomic E-state index is 12.4. The third-order valence-corrected chi connectivity index (χ3v) is 5.39. The Hall–Kier alpha value is -3.03. The zero-order valence-corrected chi connectivity index (χ0v) is 19.9. The molecule has 8 nitrogen and oxygen atoms in total. The lowest BCUT2D eigenvalue weighted by Crippen LogP contribution is -2.47. The molecule has 0 radical (unpaired) electrons. The van der Waals surface area contributed by atoms with Crippen LogP contribution in [0.5, 0.6) is 0 Å². The third-order valence-electron chi connectivity index (χ3n) is 5.39. The minimum Gasteiger partial charge on any atom is -0.444 e. The zero-order chi connectivity index (χ0) is 23.1. The first-order valence-corrected chi connectivity index (χ1v) is 11.2. The first kappa shape index (κ1) is 23.6. The molecule has 1 aliphatic heterocycles. The maximum Gasteiger partial charge on any atom is 0.410 e. The Morgan fingerprint density at radius 2 is 2.09 bits per heavy atom. The number of aromatic amines is 1. The second-order valence-electron chi connectivity index (χ2n) is 9.33. The third kappa shape index (κ3) is 6.73. The summed E-state index contributed by atoms with van der Waals surface area (Å²) >= 11 is 0. The number of hydrogen-bond acceptors (Lipinski definition) is 4. The highest BCUT2D eigenvalue weighted by Crippen LogP contribution is 2.19. The van der Waals surface area contributed by atoms with Gasteiger partial charge in [0.2, 0.25) is 0 Å². The number of ether oxygens (including phenoxy) is 1. The number of likely N-dealkylation sites (tertiary alicyclic amines) is 1. The first-order valence-electron chi connectivity index (χ1n) is 11.2. The van der Waals surface area contributed by atoms with Crippen molar-refractivity contribution in [1.29, 1.82) is 0 Å². The fraction of sp³-hybridized carbons (Fsp3) is 0.542. The number of benzene rings is 1. The minimum atomic E-state index is -0.473. The number of carbonyl (C=O) groups excluding carboxylic acids is 1. The number of aromatic nitrogens is 2. The Bertz CT molecular complexity index is 903. The van der Waals surface area contributed by atoms with E-state index in [1.54, 1.807) is 7.05 Å². The quantitative estimate of drug-likeness (QED) is 0.547. The molecule has 2 aromatic rings. The van der Waals surface area contributed by atoms with Crippen molar-refractivity contribution in [2.45, 2.75) is 45.8 Å². The molecule has 0 aliphatic carbocycles. The van der Waals surface area contributed by atoms with Gasteiger partial charge < -0.3 is 24.8 Å². The number of H-pyrrole nitrogens is 1. The van der Waals surface area contributed by atoms with Gasteiger partial charge in [0, 0.05) is 33.7 Å². The van der Waals surface area contributed by atoms with Gasteiger partial charge in [-0.2, -0.15) is 0 Å². The number of nitrogens with one attached hydrogen (secondary N) is 2. The molecule has 2 heterocycles. The van der Waals surface area contributed by atoms with Crippen molar-refractivity contribution in [3.8, 4) is 11.3 Å². The summed E-state index contributed by atoms with van der Waals surface area (Å²) in [6, 6.07) is 10.2. The Labute approximate surface area is 191 Å². The van der Waals surface area contributed by atoms with E-state index in [4.69, 9.17) is 4.74 Å². The topological polar surface area (TPSA) is 85.8 Å². The summed E-state index contributed by atoms with van der Waals surface area (Å²) in [5, 5.41) is 3.46. The van der Waals surface area contributed by atoms with Crippen LogP contribution in [0.2, 0.25) is 0 Å². The van der Waals surface area contributed by atoms with E-state index in [1.165, 1.54) is 0 Å². The number of aliphatic imine (C=N–C) groups is 1. The molecule has 1 aromatic heterocycles. The number of amides is 1. The van der Waals surface area contributed by atoms with E-state index < -0.39 is 5.60 Å². The van der Waals surface area contributed by atoms with Crippen LogP contribution in [-0.2, 0) is 11.3 Å². The van der Waals surface area contributed by atoms with Crippen molar-refractivity contribution >= 4 is 12.1 Å². The van der Waals surface area contributed by atoms with E-state index in [0.717, 1.165) is 49.0 Å². The number of hydrogen-bond donors (Lipinski definition) is 2. The van der Waals surface area contributed by atoms with Crippen LogP contribution in [-0.4, -0.2) is 71.2 Å². The molecule has 1 atom stereocenters. The van der Waals surface area contributed by atoms with Crippen molar-refractivity contribution in [3.05, 3.63) is 42.4 Å². The SMILES string of the molecule is CN=C(NCC1CCCN(C(=O)OC(C)(C)C)C1)N(C)Cc1ncc(-c2ccccc2)[nH]1. The molecule has 1 aromatic carbocycles. The molecule has 1 unspecified atom stereocenters. The first-order chi connectivity index (χ1) is 15.2. The number of guanidine groups is 1. The summed E-state index contributed by atoms with van der Waals surface area (Å²) in [5.41, 5.74) is 1.64. The second kappa shape index (κ2) is 10.5. The lowest BCUT2D eigenvalue weighted by Gasteiger charge is -2.34. The zero-order valence-electron chi connectivity index (χ0n) is 19.9. The van der Waals surface area contributed by atoms with Crippen molar-refractivity contribution in [3.63, 3.8) is 0 Å². The van der Waals surface area contributed by atoms with Gasteiger partial charge in [-0.15, -0.1) is 0 Å². The predicted molar refractivity (Wildman–Crippen MR) is 127 cm³/mol. The molecule has 1 aliphatic rings. The van der Waals surface area contributed by atoms with Crippen LogP contribution >= 0.6 is 0 Å². The van der Waals surface area contributed by atoms with Crippen molar-refractivity contribution in [2.24, 2.45) is 10.9 Å². The molecule has 3 rings (SSSR count). The van der Waals surface area contributed by atoms with Gasteiger partial charge in [-0.25, -0.2) is 9.78 Å². The van der Waals surface area contributed by atoms with Crippen LogP contribution in [0.4, 0.5) is 4.79 Å². The van der Waals surface area contributed by atoms with Gasteiger partial charge in [-0.3, -0.25) is 4.99 Å². The molecule has 174 valence electrons. The molecule has 0 saturated carbocycles. The van der Waals surface area contributed by atoms with E-state index in [0.29, 0.717) is 19.0 Å². The maximum absolute atomic E-state index is 12.4. The van der Waals surface area contributed by atoms with E-state index in [2.05, 4.69) is 32.4 Å². The van der Waals surface area contributed by atoms with Crippen LogP contribution in [0.25, 0.3) is 11.3 Å². The highest BCUT2D eigenvalue weighted by molar-refractivity contribution is 5.79. The number of imidazole rings is 1. The van der Waals surface area contributed by atoms with Crippen molar-refractivity contribution in [2.75, 3.05) is 33.7 Å². The summed E-state index contributed by atoms with van der Waals surface area (Å²) in [7, 11) is 3.78. The Balaban J connectivity index is 1.51.